The first-order valence-electron chi connectivity index (χ1n) is 6.83. The third-order valence-corrected chi connectivity index (χ3v) is 3.70. The van der Waals surface area contributed by atoms with E-state index in [0.717, 1.165) is 18.5 Å². The number of carbonyl (C=O) groups excluding carboxylic acids is 1. The van der Waals surface area contributed by atoms with E-state index in [2.05, 4.69) is 0 Å². The monoisotopic (exact) mass is 276 g/mol. The van der Waals surface area contributed by atoms with Gasteiger partial charge in [-0.1, -0.05) is 30.3 Å². The van der Waals surface area contributed by atoms with Crippen LogP contribution >= 0.6 is 0 Å². The molecule has 0 radical (unpaired) electrons. The van der Waals surface area contributed by atoms with Gasteiger partial charge in [0.15, 0.2) is 0 Å². The molecule has 5 heteroatoms. The minimum absolute atomic E-state index is 0.0671. The summed E-state index contributed by atoms with van der Waals surface area (Å²) in [4.78, 5) is 25.9. The van der Waals surface area contributed by atoms with Gasteiger partial charge in [0.1, 0.15) is 0 Å². The van der Waals surface area contributed by atoms with Gasteiger partial charge < -0.3 is 14.9 Å². The molecule has 5 nitrogen and oxygen atoms in total. The predicted octanol–water partition coefficient (Wildman–Crippen LogP) is 2.04. The number of rotatable bonds is 4. The van der Waals surface area contributed by atoms with E-state index in [0.29, 0.717) is 19.6 Å². The number of hydrogen-bond donors (Lipinski definition) is 1. The van der Waals surface area contributed by atoms with Crippen molar-refractivity contribution in [3.8, 4) is 0 Å². The Labute approximate surface area is 118 Å². The van der Waals surface area contributed by atoms with Crippen LogP contribution in [0.4, 0.5) is 4.79 Å². The van der Waals surface area contributed by atoms with Gasteiger partial charge >= 0.3 is 6.09 Å². The number of carbonyl (C=O) groups is 2. The molecule has 0 spiro atoms. The fourth-order valence-electron chi connectivity index (χ4n) is 2.59. The van der Waals surface area contributed by atoms with Crippen molar-refractivity contribution in [1.82, 2.24) is 9.80 Å². The number of likely N-dealkylation sites (tertiary alicyclic amines) is 1. The van der Waals surface area contributed by atoms with Crippen molar-refractivity contribution < 1.29 is 14.7 Å². The summed E-state index contributed by atoms with van der Waals surface area (Å²) in [5, 5.41) is 9.32. The van der Waals surface area contributed by atoms with Gasteiger partial charge in [-0.15, -0.1) is 0 Å². The molecule has 0 saturated carbocycles. The molecule has 20 heavy (non-hydrogen) atoms. The van der Waals surface area contributed by atoms with Gasteiger partial charge in [-0.25, -0.2) is 4.79 Å². The summed E-state index contributed by atoms with van der Waals surface area (Å²) in [6.07, 6.45) is -0.0341. The second kappa shape index (κ2) is 6.41. The highest BCUT2D eigenvalue weighted by Gasteiger charge is 2.27. The first-order chi connectivity index (χ1) is 9.56. The Bertz CT molecular complexity index is 475. The SMILES string of the molecule is CC(=O)N1CCC(CN(Cc2ccccc2)C(=O)O)C1. The van der Waals surface area contributed by atoms with Crippen molar-refractivity contribution in [2.75, 3.05) is 19.6 Å². The molecule has 1 N–H and O–H groups in total. The van der Waals surface area contributed by atoms with Crippen molar-refractivity contribution in [1.29, 1.82) is 0 Å². The van der Waals surface area contributed by atoms with E-state index in [1.54, 1.807) is 11.8 Å². The molecule has 0 aliphatic carbocycles. The summed E-state index contributed by atoms with van der Waals surface area (Å²) in [7, 11) is 0. The van der Waals surface area contributed by atoms with Crippen LogP contribution in [0.5, 0.6) is 0 Å². The van der Waals surface area contributed by atoms with Crippen LogP contribution in [0.25, 0.3) is 0 Å². The molecule has 1 unspecified atom stereocenters. The zero-order valence-electron chi connectivity index (χ0n) is 11.7. The molecule has 1 heterocycles. The number of amides is 2. The molecule has 2 amide bonds. The Morgan fingerprint density at radius 1 is 1.35 bits per heavy atom. The minimum atomic E-state index is -0.907. The fourth-order valence-corrected chi connectivity index (χ4v) is 2.59. The van der Waals surface area contributed by atoms with E-state index in [1.807, 2.05) is 30.3 Å². The normalized spacial score (nSPS) is 18.1. The maximum Gasteiger partial charge on any atom is 0.407 e. The van der Waals surface area contributed by atoms with E-state index in [9.17, 15) is 14.7 Å². The van der Waals surface area contributed by atoms with Gasteiger partial charge in [0.2, 0.25) is 5.91 Å². The number of benzene rings is 1. The molecule has 2 rings (SSSR count). The molecular weight excluding hydrogens is 256 g/mol. The first kappa shape index (κ1) is 14.4. The van der Waals surface area contributed by atoms with Crippen LogP contribution in [-0.2, 0) is 11.3 Å². The molecule has 1 aliphatic rings. The van der Waals surface area contributed by atoms with Crippen molar-refractivity contribution in [3.63, 3.8) is 0 Å². The van der Waals surface area contributed by atoms with Gasteiger partial charge in [0.05, 0.1) is 0 Å². The van der Waals surface area contributed by atoms with Crippen LogP contribution in [0.2, 0.25) is 0 Å². The number of nitrogens with zero attached hydrogens (tertiary/aromatic N) is 2. The maximum absolute atomic E-state index is 11.4. The average molecular weight is 276 g/mol. The lowest BCUT2D eigenvalue weighted by Crippen LogP contribution is -2.35. The summed E-state index contributed by atoms with van der Waals surface area (Å²) >= 11 is 0. The van der Waals surface area contributed by atoms with Crippen LogP contribution in [0.15, 0.2) is 30.3 Å². The second-order valence-corrected chi connectivity index (χ2v) is 5.27. The van der Waals surface area contributed by atoms with Gasteiger partial charge in [-0.05, 0) is 17.9 Å². The Morgan fingerprint density at radius 2 is 2.05 bits per heavy atom. The largest absolute Gasteiger partial charge is 0.465 e. The van der Waals surface area contributed by atoms with Gasteiger partial charge in [-0.2, -0.15) is 0 Å². The van der Waals surface area contributed by atoms with Crippen LogP contribution in [0.3, 0.4) is 0 Å². The fraction of sp³-hybridized carbons (Fsp3) is 0.467. The molecule has 1 fully saturated rings. The third kappa shape index (κ3) is 3.73. The lowest BCUT2D eigenvalue weighted by Gasteiger charge is -2.23. The molecule has 0 aromatic heterocycles. The Hall–Kier alpha value is -2.04. The topological polar surface area (TPSA) is 60.9 Å². The number of hydrogen-bond acceptors (Lipinski definition) is 2. The van der Waals surface area contributed by atoms with Crippen molar-refractivity contribution in [2.45, 2.75) is 19.9 Å². The van der Waals surface area contributed by atoms with Crippen molar-refractivity contribution >= 4 is 12.0 Å². The Balaban J connectivity index is 1.94. The summed E-state index contributed by atoms with van der Waals surface area (Å²) in [6.45, 7) is 3.83. The van der Waals surface area contributed by atoms with Crippen molar-refractivity contribution in [3.05, 3.63) is 35.9 Å². The van der Waals surface area contributed by atoms with Gasteiger partial charge in [0.25, 0.3) is 0 Å². The summed E-state index contributed by atoms with van der Waals surface area (Å²) in [5.74, 6) is 0.302. The van der Waals surface area contributed by atoms with E-state index in [4.69, 9.17) is 0 Å². The predicted molar refractivity (Wildman–Crippen MR) is 75.2 cm³/mol. The molecule has 1 saturated heterocycles. The van der Waals surface area contributed by atoms with Crippen LogP contribution in [-0.4, -0.2) is 46.5 Å². The molecule has 108 valence electrons. The lowest BCUT2D eigenvalue weighted by atomic mass is 10.1. The van der Waals surface area contributed by atoms with E-state index in [-0.39, 0.29) is 11.8 Å². The highest BCUT2D eigenvalue weighted by atomic mass is 16.4. The molecular formula is C15H20N2O3. The molecule has 1 atom stereocenters. The van der Waals surface area contributed by atoms with E-state index < -0.39 is 6.09 Å². The quantitative estimate of drug-likeness (QED) is 0.915. The summed E-state index contributed by atoms with van der Waals surface area (Å²) < 4.78 is 0. The minimum Gasteiger partial charge on any atom is -0.465 e. The smallest absolute Gasteiger partial charge is 0.407 e. The Kier molecular flexibility index (Phi) is 4.61. The first-order valence-corrected chi connectivity index (χ1v) is 6.83. The highest BCUT2D eigenvalue weighted by molar-refractivity contribution is 5.73. The van der Waals surface area contributed by atoms with Crippen molar-refractivity contribution in [2.24, 2.45) is 5.92 Å². The summed E-state index contributed by atoms with van der Waals surface area (Å²) in [6, 6.07) is 9.57. The zero-order valence-corrected chi connectivity index (χ0v) is 11.7. The van der Waals surface area contributed by atoms with Gasteiger partial charge in [-0.3, -0.25) is 4.79 Å². The molecule has 1 aliphatic heterocycles. The van der Waals surface area contributed by atoms with Gasteiger partial charge in [0, 0.05) is 33.1 Å². The molecule has 0 bridgehead atoms. The van der Waals surface area contributed by atoms with Crippen LogP contribution < -0.4 is 0 Å². The molecule has 1 aromatic rings. The average Bonchev–Trinajstić information content (AvgIpc) is 2.88. The lowest BCUT2D eigenvalue weighted by molar-refractivity contribution is -0.127. The van der Waals surface area contributed by atoms with E-state index >= 15 is 0 Å². The highest BCUT2D eigenvalue weighted by Crippen LogP contribution is 2.18. The summed E-state index contributed by atoms with van der Waals surface area (Å²) in [5.41, 5.74) is 0.983. The standard InChI is InChI=1S/C15H20N2O3/c1-12(18)16-8-7-14(10-16)11-17(15(19)20)9-13-5-3-2-4-6-13/h2-6,14H,7-11H2,1H3,(H,19,20). The third-order valence-electron chi connectivity index (χ3n) is 3.70. The van der Waals surface area contributed by atoms with E-state index in [1.165, 1.54) is 4.90 Å². The zero-order chi connectivity index (χ0) is 14.5. The Morgan fingerprint density at radius 3 is 2.60 bits per heavy atom. The molecule has 1 aromatic carbocycles. The van der Waals surface area contributed by atoms with Crippen LogP contribution in [0, 0.1) is 5.92 Å². The second-order valence-electron chi connectivity index (χ2n) is 5.27. The van der Waals surface area contributed by atoms with Crippen LogP contribution in [0.1, 0.15) is 18.9 Å². The maximum atomic E-state index is 11.4. The number of carboxylic acid groups (broad SMARTS) is 1.